The lowest BCUT2D eigenvalue weighted by Gasteiger charge is -2.26. The first-order valence-electron chi connectivity index (χ1n) is 47.3. The zero-order chi connectivity index (χ0) is 89.7. The van der Waals surface area contributed by atoms with Crippen LogP contribution in [0.3, 0.4) is 0 Å². The number of rotatable bonds is 10. The molecule has 0 bridgehead atoms. The minimum Gasteiger partial charge on any atom is -0.454 e. The lowest BCUT2D eigenvalue weighted by Crippen LogP contribution is -2.14. The van der Waals surface area contributed by atoms with Crippen molar-refractivity contribution >= 4 is 197 Å². The highest BCUT2D eigenvalue weighted by atomic mass is 16.3. The molecule has 6 nitrogen and oxygen atoms in total. The van der Waals surface area contributed by atoms with Gasteiger partial charge in [-0.1, -0.05) is 295 Å². The van der Waals surface area contributed by atoms with E-state index in [2.05, 4.69) is 471 Å². The van der Waals surface area contributed by atoms with Gasteiger partial charge in [0.15, 0.2) is 11.2 Å². The van der Waals surface area contributed by atoms with E-state index >= 15 is 0 Å². The monoisotopic (exact) mass is 1730 g/mol. The minimum atomic E-state index is -0.0413. The maximum Gasteiger partial charge on any atom is 0.159 e. The van der Waals surface area contributed by atoms with Crippen LogP contribution in [0, 0.1) is 0 Å². The summed E-state index contributed by atoms with van der Waals surface area (Å²) in [7, 11) is 0. The third-order valence-corrected chi connectivity index (χ3v) is 30.4. The van der Waals surface area contributed by atoms with Crippen LogP contribution in [0.2, 0.25) is 0 Å². The van der Waals surface area contributed by atoms with Crippen LogP contribution in [0.25, 0.3) is 230 Å². The molecule has 0 fully saturated rings. The van der Waals surface area contributed by atoms with Gasteiger partial charge in [0.05, 0.1) is 44.5 Å². The Balaban J connectivity index is 0.000000133. The topological polar surface area (TPSA) is 41.6 Å². The molecule has 0 saturated heterocycles. The quantitative estimate of drug-likeness (QED) is 0.137. The predicted molar refractivity (Wildman–Crippen MR) is 573 cm³/mol. The molecule has 636 valence electrons. The third kappa shape index (κ3) is 11.2. The Morgan fingerprint density at radius 1 is 0.191 bits per heavy atom. The second-order valence-electron chi connectivity index (χ2n) is 38.6. The van der Waals surface area contributed by atoms with Crippen molar-refractivity contribution in [1.82, 2.24) is 8.80 Å². The van der Waals surface area contributed by atoms with Crippen LogP contribution in [0.15, 0.2) is 446 Å². The van der Waals surface area contributed by atoms with Crippen molar-refractivity contribution < 1.29 is 8.83 Å². The number of benzene rings is 22. The maximum absolute atomic E-state index is 6.67. The first kappa shape index (κ1) is 76.4. The van der Waals surface area contributed by atoms with Crippen LogP contribution in [0.5, 0.6) is 0 Å². The second kappa shape index (κ2) is 28.6. The molecule has 2 aliphatic carbocycles. The van der Waals surface area contributed by atoms with E-state index in [-0.39, 0.29) is 10.8 Å². The van der Waals surface area contributed by atoms with E-state index < -0.39 is 0 Å². The summed E-state index contributed by atoms with van der Waals surface area (Å²) in [5.74, 6) is 0. The minimum absolute atomic E-state index is 0.0413. The number of anilines is 6. The van der Waals surface area contributed by atoms with Gasteiger partial charge in [-0.05, 0) is 302 Å². The molecule has 0 radical (unpaired) electrons. The number of hydrogen-bond acceptors (Lipinski definition) is 4. The first-order chi connectivity index (χ1) is 66.9. The fraction of sp³-hybridized carbons (Fsp3) is 0.0462. The first-order valence-corrected chi connectivity index (χ1v) is 47.3. The largest absolute Gasteiger partial charge is 0.454 e. The van der Waals surface area contributed by atoms with Gasteiger partial charge in [-0.2, -0.15) is 0 Å². The van der Waals surface area contributed by atoms with E-state index in [9.17, 15) is 0 Å². The van der Waals surface area contributed by atoms with Crippen molar-refractivity contribution in [2.24, 2.45) is 0 Å². The predicted octanol–water partition coefficient (Wildman–Crippen LogP) is 36.3. The molecule has 0 spiro atoms. The van der Waals surface area contributed by atoms with Crippen molar-refractivity contribution in [2.75, 3.05) is 9.80 Å². The molecule has 6 aromatic heterocycles. The molecule has 2 aliphatic rings. The van der Waals surface area contributed by atoms with Crippen LogP contribution in [0.1, 0.15) is 49.9 Å². The van der Waals surface area contributed by atoms with Gasteiger partial charge < -0.3 is 27.4 Å². The van der Waals surface area contributed by atoms with Crippen LogP contribution in [-0.2, 0) is 10.8 Å². The molecular weight excluding hydrogens is 1650 g/mol. The summed E-state index contributed by atoms with van der Waals surface area (Å²) < 4.78 is 18.4. The van der Waals surface area contributed by atoms with Crippen LogP contribution >= 0.6 is 0 Å². The molecule has 6 heteroatoms. The van der Waals surface area contributed by atoms with Crippen LogP contribution in [-0.4, -0.2) is 8.80 Å². The average molecular weight is 1730 g/mol. The van der Waals surface area contributed by atoms with E-state index in [4.69, 9.17) is 8.83 Å². The van der Waals surface area contributed by atoms with Gasteiger partial charge in [-0.25, -0.2) is 0 Å². The number of fused-ring (bicyclic) bond motifs is 28. The van der Waals surface area contributed by atoms with Crippen molar-refractivity contribution in [2.45, 2.75) is 38.5 Å². The van der Waals surface area contributed by atoms with E-state index in [1.807, 2.05) is 12.1 Å². The fourth-order valence-electron chi connectivity index (χ4n) is 23.9. The smallest absolute Gasteiger partial charge is 0.159 e. The Kier molecular flexibility index (Phi) is 16.1. The molecule has 0 aliphatic heterocycles. The van der Waals surface area contributed by atoms with Gasteiger partial charge >= 0.3 is 0 Å². The SMILES string of the molecule is CC1(C)c2ccccc2-c2ccc(-c3ccc4cc5c6cc(-c7ccccc7)cc7c8cc9ccc(-c%10ccc%11c(c%10)C(C)(C)c%10ccccc%10-%11)cc9cc8n(c5cc4c3)c67)cc21.c1ccc(-c2cc3c4cc5ccc(N(c6ccccc6)c6cccc7c6oc6ccccc67)cc5cc4n4c5cc6cc(N(c7ccccc7)c7cccc8c7oc7ccccc78)ccc6cc5c(c2)c34)cc1. The van der Waals surface area contributed by atoms with Gasteiger partial charge in [-0.3, -0.25) is 0 Å². The Labute approximate surface area is 783 Å². The van der Waals surface area contributed by atoms with Crippen molar-refractivity contribution in [1.29, 1.82) is 0 Å². The lowest BCUT2D eigenvalue weighted by atomic mass is 9.81. The number of aromatic nitrogens is 2. The molecule has 0 unspecified atom stereocenters. The number of para-hydroxylation sites is 6. The molecule has 136 heavy (non-hydrogen) atoms. The van der Waals surface area contributed by atoms with E-state index in [1.165, 1.54) is 198 Å². The number of furan rings is 2. The normalized spacial score (nSPS) is 13.3. The second-order valence-corrected chi connectivity index (χ2v) is 38.6. The number of hydrogen-bond donors (Lipinski definition) is 0. The van der Waals surface area contributed by atoms with Gasteiger partial charge in [0.2, 0.25) is 0 Å². The van der Waals surface area contributed by atoms with E-state index in [1.54, 1.807) is 0 Å². The van der Waals surface area contributed by atoms with E-state index in [0.29, 0.717) is 0 Å². The molecule has 0 amide bonds. The summed E-state index contributed by atoms with van der Waals surface area (Å²) in [5, 5.41) is 24.3. The van der Waals surface area contributed by atoms with Gasteiger partial charge in [-0.15, -0.1) is 0 Å². The van der Waals surface area contributed by atoms with Gasteiger partial charge in [0.25, 0.3) is 0 Å². The molecule has 0 saturated carbocycles. The number of nitrogens with zero attached hydrogens (tertiary/aromatic N) is 4. The summed E-state index contributed by atoms with van der Waals surface area (Å²) in [6.45, 7) is 9.46. The van der Waals surface area contributed by atoms with Crippen molar-refractivity contribution in [3.05, 3.63) is 459 Å². The molecular formula is C130H84N4O2. The molecule has 6 heterocycles. The van der Waals surface area contributed by atoms with Crippen molar-refractivity contribution in [3.8, 4) is 66.8 Å². The zero-order valence-corrected chi connectivity index (χ0v) is 75.2. The van der Waals surface area contributed by atoms with Crippen molar-refractivity contribution in [3.63, 3.8) is 0 Å². The Bertz CT molecular complexity index is 9430. The maximum atomic E-state index is 6.67. The van der Waals surface area contributed by atoms with Crippen LogP contribution < -0.4 is 9.80 Å². The van der Waals surface area contributed by atoms with E-state index in [0.717, 1.165) is 88.8 Å². The highest BCUT2D eigenvalue weighted by molar-refractivity contribution is 6.30. The molecule has 0 N–H and O–H groups in total. The molecule has 28 aromatic rings. The average Bonchev–Trinajstić information content (AvgIpc) is 1.53. The highest BCUT2D eigenvalue weighted by Gasteiger charge is 2.38. The Hall–Kier alpha value is -17.3. The van der Waals surface area contributed by atoms with Gasteiger partial charge in [0.1, 0.15) is 11.2 Å². The summed E-state index contributed by atoms with van der Waals surface area (Å²) in [4.78, 5) is 4.66. The Morgan fingerprint density at radius 2 is 0.507 bits per heavy atom. The summed E-state index contributed by atoms with van der Waals surface area (Å²) in [5.41, 5.74) is 38.0. The fourth-order valence-corrected chi connectivity index (χ4v) is 23.9. The standard InChI is InChI=1S/C68H41N3O2.C62H43N/c1-4-16-42(17-5-1)47-38-58-56-36-43-30-32-50(69(48-18-6-2-7-19-48)60-26-14-24-54-52-22-10-12-28-64(52)72-67(54)60)34-45(43)40-62(56)71-63-41-46-35-51(33-31-44(46)37-57(63)59(39-47)66(58)71)70(49-20-8-3-9-21-49)61-27-15-25-55-53-23-11-13-29-65(53)73-68(55)61;1-61(2)54-16-10-8-14-46(54)48-24-22-41(32-56(48)61)37-18-20-39-28-50-52-30-45(36-12-6-5-7-13-36)31-53-51-29-40-21-19-38(27-44(40)35-59(51)63(60(52)53)58(50)34-43(39)26-37)42-23-25-49-47-15-9-11-17-55(47)62(3,4)57(49)33-42/h1-41H;5-35H,1-4H3. The molecule has 30 rings (SSSR count). The lowest BCUT2D eigenvalue weighted by molar-refractivity contribution is 0.660. The highest BCUT2D eigenvalue weighted by Crippen LogP contribution is 2.55. The molecule has 0 atom stereocenters. The summed E-state index contributed by atoms with van der Waals surface area (Å²) in [6.07, 6.45) is 0. The third-order valence-electron chi connectivity index (χ3n) is 30.4. The van der Waals surface area contributed by atoms with Crippen LogP contribution in [0.4, 0.5) is 34.1 Å². The summed E-state index contributed by atoms with van der Waals surface area (Å²) in [6, 6.07) is 161. The summed E-state index contributed by atoms with van der Waals surface area (Å²) >= 11 is 0. The zero-order valence-electron chi connectivity index (χ0n) is 75.2. The Morgan fingerprint density at radius 3 is 0.904 bits per heavy atom. The van der Waals surface area contributed by atoms with Gasteiger partial charge in [0, 0.05) is 98.2 Å². The molecule has 22 aromatic carbocycles.